The number of hydrogen-bond donors (Lipinski definition) is 0. The minimum absolute atomic E-state index is 0.301. The number of cyclic esters (lactones) is 1. The summed E-state index contributed by atoms with van der Waals surface area (Å²) in [5.41, 5.74) is 3.66. The van der Waals surface area contributed by atoms with Crippen LogP contribution in [0.1, 0.15) is 16.7 Å². The fraction of sp³-hybridized carbons (Fsp3) is 0.0556. The van der Waals surface area contributed by atoms with Gasteiger partial charge in [-0.25, -0.2) is 4.79 Å². The molecule has 98 valence electrons. The molecule has 2 heteroatoms. The number of benzene rings is 2. The van der Waals surface area contributed by atoms with Crippen molar-refractivity contribution in [2.75, 3.05) is 0 Å². The van der Waals surface area contributed by atoms with Crippen LogP contribution in [0.3, 0.4) is 0 Å². The molecule has 0 radical (unpaired) electrons. The Kier molecular flexibility index (Phi) is 3.21. The zero-order valence-corrected chi connectivity index (χ0v) is 11.2. The van der Waals surface area contributed by atoms with E-state index in [0.29, 0.717) is 11.3 Å². The summed E-state index contributed by atoms with van der Waals surface area (Å²) in [7, 11) is 0. The van der Waals surface area contributed by atoms with Crippen molar-refractivity contribution in [3.05, 3.63) is 82.9 Å². The standard InChI is InChI=1S/C18H14O2/c1-13-7-9-15(10-8-13)17-12-16(18(19)20-17)11-14-5-3-2-4-6-14/h2-12H,1H3/b16-11+. The Morgan fingerprint density at radius 1 is 0.950 bits per heavy atom. The maximum absolute atomic E-state index is 11.9. The highest BCUT2D eigenvalue weighted by molar-refractivity contribution is 6.05. The lowest BCUT2D eigenvalue weighted by molar-refractivity contribution is -0.130. The van der Waals surface area contributed by atoms with Crippen LogP contribution in [-0.4, -0.2) is 5.97 Å². The number of carbonyl (C=O) groups excluding carboxylic acids is 1. The van der Waals surface area contributed by atoms with Gasteiger partial charge in [-0.2, -0.15) is 0 Å². The van der Waals surface area contributed by atoms with Gasteiger partial charge in [-0.15, -0.1) is 0 Å². The Morgan fingerprint density at radius 2 is 1.65 bits per heavy atom. The Balaban J connectivity index is 1.93. The van der Waals surface area contributed by atoms with E-state index in [1.807, 2.05) is 67.6 Å². The zero-order valence-electron chi connectivity index (χ0n) is 11.2. The Morgan fingerprint density at radius 3 is 2.35 bits per heavy atom. The number of esters is 1. The molecule has 0 unspecified atom stereocenters. The van der Waals surface area contributed by atoms with E-state index < -0.39 is 0 Å². The average molecular weight is 262 g/mol. The molecule has 0 bridgehead atoms. The van der Waals surface area contributed by atoms with Gasteiger partial charge in [-0.1, -0.05) is 60.2 Å². The first-order valence-electron chi connectivity index (χ1n) is 6.50. The first kappa shape index (κ1) is 12.4. The van der Waals surface area contributed by atoms with E-state index in [-0.39, 0.29) is 5.97 Å². The van der Waals surface area contributed by atoms with Crippen molar-refractivity contribution in [3.8, 4) is 0 Å². The van der Waals surface area contributed by atoms with Crippen LogP contribution in [0.15, 0.2) is 66.2 Å². The summed E-state index contributed by atoms with van der Waals surface area (Å²) in [6.45, 7) is 2.03. The van der Waals surface area contributed by atoms with E-state index in [9.17, 15) is 4.79 Å². The molecule has 0 N–H and O–H groups in total. The second-order valence-corrected chi connectivity index (χ2v) is 4.77. The summed E-state index contributed by atoms with van der Waals surface area (Å²) in [4.78, 5) is 11.9. The summed E-state index contributed by atoms with van der Waals surface area (Å²) >= 11 is 0. The topological polar surface area (TPSA) is 26.3 Å². The van der Waals surface area contributed by atoms with Crippen LogP contribution in [0.4, 0.5) is 0 Å². The van der Waals surface area contributed by atoms with Crippen molar-refractivity contribution >= 4 is 17.8 Å². The predicted molar refractivity (Wildman–Crippen MR) is 79.7 cm³/mol. The molecule has 0 fully saturated rings. The lowest BCUT2D eigenvalue weighted by atomic mass is 10.1. The average Bonchev–Trinajstić information content (AvgIpc) is 2.82. The van der Waals surface area contributed by atoms with Crippen LogP contribution in [0.25, 0.3) is 11.8 Å². The monoisotopic (exact) mass is 262 g/mol. The summed E-state index contributed by atoms with van der Waals surface area (Å²) in [5.74, 6) is 0.307. The van der Waals surface area contributed by atoms with Crippen molar-refractivity contribution in [1.82, 2.24) is 0 Å². The molecule has 0 spiro atoms. The second-order valence-electron chi connectivity index (χ2n) is 4.77. The summed E-state index contributed by atoms with van der Waals surface area (Å²) in [6, 6.07) is 17.7. The number of carbonyl (C=O) groups is 1. The van der Waals surface area contributed by atoms with E-state index >= 15 is 0 Å². The molecule has 0 saturated carbocycles. The van der Waals surface area contributed by atoms with Gasteiger partial charge in [0, 0.05) is 5.56 Å². The smallest absolute Gasteiger partial charge is 0.343 e. The molecule has 0 aliphatic carbocycles. The van der Waals surface area contributed by atoms with Gasteiger partial charge < -0.3 is 4.74 Å². The largest absolute Gasteiger partial charge is 0.422 e. The van der Waals surface area contributed by atoms with Crippen LogP contribution in [0.5, 0.6) is 0 Å². The van der Waals surface area contributed by atoms with E-state index in [1.165, 1.54) is 5.56 Å². The molecule has 3 rings (SSSR count). The van der Waals surface area contributed by atoms with Crippen molar-refractivity contribution in [1.29, 1.82) is 0 Å². The highest BCUT2D eigenvalue weighted by Gasteiger charge is 2.21. The van der Waals surface area contributed by atoms with Crippen LogP contribution in [0.2, 0.25) is 0 Å². The van der Waals surface area contributed by atoms with Crippen molar-refractivity contribution < 1.29 is 9.53 Å². The number of aryl methyl sites for hydroxylation is 1. The molecule has 2 nitrogen and oxygen atoms in total. The third-order valence-corrected chi connectivity index (χ3v) is 3.18. The molecular weight excluding hydrogens is 248 g/mol. The second kappa shape index (κ2) is 5.17. The third kappa shape index (κ3) is 2.54. The van der Waals surface area contributed by atoms with Gasteiger partial charge in [-0.3, -0.25) is 0 Å². The Labute approximate surface area is 118 Å². The zero-order chi connectivity index (χ0) is 13.9. The van der Waals surface area contributed by atoms with Crippen LogP contribution >= 0.6 is 0 Å². The molecule has 0 saturated heterocycles. The Bertz CT molecular complexity index is 692. The fourth-order valence-electron chi connectivity index (χ4n) is 2.08. The highest BCUT2D eigenvalue weighted by atomic mass is 16.5. The normalized spacial score (nSPS) is 16.1. The lowest BCUT2D eigenvalue weighted by Crippen LogP contribution is -1.97. The first-order valence-corrected chi connectivity index (χ1v) is 6.50. The molecule has 2 aromatic carbocycles. The number of ether oxygens (including phenoxy) is 1. The molecular formula is C18H14O2. The van der Waals surface area contributed by atoms with Crippen LogP contribution in [-0.2, 0) is 9.53 Å². The molecule has 0 aromatic heterocycles. The molecule has 0 atom stereocenters. The highest BCUT2D eigenvalue weighted by Crippen LogP contribution is 2.27. The fourth-order valence-corrected chi connectivity index (χ4v) is 2.08. The van der Waals surface area contributed by atoms with E-state index in [0.717, 1.165) is 11.1 Å². The molecule has 1 aliphatic rings. The minimum atomic E-state index is -0.301. The van der Waals surface area contributed by atoms with Crippen LogP contribution in [0, 0.1) is 6.92 Å². The third-order valence-electron chi connectivity index (χ3n) is 3.18. The van der Waals surface area contributed by atoms with Gasteiger partial charge in [0.1, 0.15) is 5.76 Å². The summed E-state index contributed by atoms with van der Waals surface area (Å²) in [6.07, 6.45) is 3.63. The van der Waals surface area contributed by atoms with Gasteiger partial charge in [0.05, 0.1) is 5.57 Å². The van der Waals surface area contributed by atoms with E-state index in [4.69, 9.17) is 4.74 Å². The quantitative estimate of drug-likeness (QED) is 0.604. The van der Waals surface area contributed by atoms with Gasteiger partial charge in [0.2, 0.25) is 0 Å². The number of rotatable bonds is 2. The van der Waals surface area contributed by atoms with Gasteiger partial charge >= 0.3 is 5.97 Å². The predicted octanol–water partition coefficient (Wildman–Crippen LogP) is 3.98. The minimum Gasteiger partial charge on any atom is -0.422 e. The Hall–Kier alpha value is -2.61. The van der Waals surface area contributed by atoms with Crippen molar-refractivity contribution in [2.45, 2.75) is 6.92 Å². The van der Waals surface area contributed by atoms with Gasteiger partial charge in [0.15, 0.2) is 0 Å². The first-order chi connectivity index (χ1) is 9.72. The van der Waals surface area contributed by atoms with E-state index in [2.05, 4.69) is 0 Å². The van der Waals surface area contributed by atoms with Crippen molar-refractivity contribution in [3.63, 3.8) is 0 Å². The molecule has 1 heterocycles. The van der Waals surface area contributed by atoms with Crippen LogP contribution < -0.4 is 0 Å². The molecule has 0 amide bonds. The number of hydrogen-bond acceptors (Lipinski definition) is 2. The molecule has 2 aromatic rings. The lowest BCUT2D eigenvalue weighted by Gasteiger charge is -2.01. The summed E-state index contributed by atoms with van der Waals surface area (Å²) < 4.78 is 5.33. The van der Waals surface area contributed by atoms with Gasteiger partial charge in [0.25, 0.3) is 0 Å². The molecule has 20 heavy (non-hydrogen) atoms. The maximum atomic E-state index is 11.9. The molecule has 1 aliphatic heterocycles. The SMILES string of the molecule is Cc1ccc(C2=C/C(=C\c3ccccc3)C(=O)O2)cc1. The van der Waals surface area contributed by atoms with Crippen molar-refractivity contribution in [2.24, 2.45) is 0 Å². The maximum Gasteiger partial charge on any atom is 0.343 e. The summed E-state index contributed by atoms with van der Waals surface area (Å²) in [5, 5.41) is 0. The van der Waals surface area contributed by atoms with E-state index in [1.54, 1.807) is 6.08 Å². The van der Waals surface area contributed by atoms with Gasteiger partial charge in [-0.05, 0) is 24.6 Å².